The number of hydrogen-bond acceptors (Lipinski definition) is 6. The lowest BCUT2D eigenvalue weighted by atomic mass is 10.1. The summed E-state index contributed by atoms with van der Waals surface area (Å²) in [7, 11) is 0. The molecule has 0 aliphatic carbocycles. The van der Waals surface area contributed by atoms with Gasteiger partial charge in [0, 0.05) is 22.1 Å². The molecule has 0 spiro atoms. The summed E-state index contributed by atoms with van der Waals surface area (Å²) in [6.07, 6.45) is 0. The van der Waals surface area contributed by atoms with Crippen LogP contribution < -0.4 is 5.32 Å². The van der Waals surface area contributed by atoms with Crippen molar-refractivity contribution in [3.8, 4) is 17.2 Å². The van der Waals surface area contributed by atoms with Gasteiger partial charge >= 0.3 is 0 Å². The highest BCUT2D eigenvalue weighted by molar-refractivity contribution is 7.10. The Morgan fingerprint density at radius 2 is 1.80 bits per heavy atom. The summed E-state index contributed by atoms with van der Waals surface area (Å²) < 4.78 is 6.06. The van der Waals surface area contributed by atoms with Crippen molar-refractivity contribution in [1.29, 1.82) is 0 Å². The molecule has 30 heavy (non-hydrogen) atoms. The monoisotopic (exact) mass is 438 g/mol. The SMILES string of the molecule is Cc1ccc(C(=O)Nc2nc(-c3nnn(-c4cc(Cl)ccc4C)c3C)ns2)cc1C. The summed E-state index contributed by atoms with van der Waals surface area (Å²) in [5.74, 6) is 0.189. The molecule has 0 aliphatic heterocycles. The Balaban J connectivity index is 1.59. The summed E-state index contributed by atoms with van der Waals surface area (Å²) in [6.45, 7) is 7.86. The molecule has 0 fully saturated rings. The summed E-state index contributed by atoms with van der Waals surface area (Å²) in [6, 6.07) is 11.2. The van der Waals surface area contributed by atoms with Crippen molar-refractivity contribution in [3.05, 3.63) is 69.4 Å². The van der Waals surface area contributed by atoms with Gasteiger partial charge in [-0.25, -0.2) is 4.68 Å². The number of aryl methyl sites for hydroxylation is 3. The lowest BCUT2D eigenvalue weighted by Crippen LogP contribution is -2.12. The molecule has 1 amide bonds. The maximum atomic E-state index is 12.5. The molecule has 0 unspecified atom stereocenters. The topological polar surface area (TPSA) is 85.6 Å². The van der Waals surface area contributed by atoms with Gasteiger partial charge in [0.1, 0.15) is 0 Å². The van der Waals surface area contributed by atoms with Crippen LogP contribution in [-0.2, 0) is 0 Å². The van der Waals surface area contributed by atoms with E-state index in [4.69, 9.17) is 11.6 Å². The first kappa shape index (κ1) is 20.2. The van der Waals surface area contributed by atoms with Gasteiger partial charge in [-0.2, -0.15) is 9.36 Å². The van der Waals surface area contributed by atoms with Gasteiger partial charge in [-0.1, -0.05) is 28.9 Å². The van der Waals surface area contributed by atoms with E-state index >= 15 is 0 Å². The Hall–Kier alpha value is -3.10. The highest BCUT2D eigenvalue weighted by Gasteiger charge is 2.19. The number of rotatable bonds is 4. The van der Waals surface area contributed by atoms with Gasteiger partial charge in [-0.15, -0.1) is 5.10 Å². The fourth-order valence-corrected chi connectivity index (χ4v) is 3.73. The van der Waals surface area contributed by atoms with Gasteiger partial charge in [-0.05, 0) is 68.7 Å². The van der Waals surface area contributed by atoms with E-state index in [1.165, 1.54) is 0 Å². The lowest BCUT2D eigenvalue weighted by molar-refractivity contribution is 0.102. The zero-order valence-corrected chi connectivity index (χ0v) is 18.5. The van der Waals surface area contributed by atoms with Gasteiger partial charge in [-0.3, -0.25) is 10.1 Å². The van der Waals surface area contributed by atoms with Crippen LogP contribution in [0.15, 0.2) is 36.4 Å². The molecule has 4 rings (SSSR count). The van der Waals surface area contributed by atoms with Gasteiger partial charge in [0.15, 0.2) is 11.5 Å². The number of halogens is 1. The highest BCUT2D eigenvalue weighted by Crippen LogP contribution is 2.26. The van der Waals surface area contributed by atoms with Crippen LogP contribution in [0.5, 0.6) is 0 Å². The third-order valence-corrected chi connectivity index (χ3v) is 5.79. The van der Waals surface area contributed by atoms with Crippen molar-refractivity contribution in [2.24, 2.45) is 0 Å². The van der Waals surface area contributed by atoms with E-state index < -0.39 is 0 Å². The molecule has 0 aliphatic rings. The smallest absolute Gasteiger partial charge is 0.257 e. The van der Waals surface area contributed by atoms with Crippen LogP contribution in [0.25, 0.3) is 17.2 Å². The first-order valence-electron chi connectivity index (χ1n) is 9.25. The average molecular weight is 439 g/mol. The molecular formula is C21H19ClN6OS. The molecule has 4 aromatic rings. The van der Waals surface area contributed by atoms with E-state index in [0.717, 1.165) is 39.6 Å². The molecule has 152 valence electrons. The van der Waals surface area contributed by atoms with Crippen molar-refractivity contribution in [2.75, 3.05) is 5.32 Å². The van der Waals surface area contributed by atoms with Gasteiger partial charge in [0.05, 0.1) is 11.4 Å². The quantitative estimate of drug-likeness (QED) is 0.488. The minimum atomic E-state index is -0.226. The second-order valence-electron chi connectivity index (χ2n) is 7.04. The Labute approximate surface area is 182 Å². The number of aromatic nitrogens is 5. The molecule has 2 aromatic heterocycles. The first-order chi connectivity index (χ1) is 14.3. The van der Waals surface area contributed by atoms with Gasteiger partial charge in [0.25, 0.3) is 5.91 Å². The number of nitrogens with zero attached hydrogens (tertiary/aromatic N) is 5. The fraction of sp³-hybridized carbons (Fsp3) is 0.190. The molecular weight excluding hydrogens is 420 g/mol. The van der Waals surface area contributed by atoms with Gasteiger partial charge in [0.2, 0.25) is 5.13 Å². The third kappa shape index (κ3) is 3.83. The van der Waals surface area contributed by atoms with Crippen molar-refractivity contribution >= 4 is 34.2 Å². The predicted molar refractivity (Wildman–Crippen MR) is 119 cm³/mol. The second-order valence-corrected chi connectivity index (χ2v) is 8.23. The maximum absolute atomic E-state index is 12.5. The molecule has 0 radical (unpaired) electrons. The average Bonchev–Trinajstić information content (AvgIpc) is 3.32. The largest absolute Gasteiger partial charge is 0.297 e. The molecule has 0 bridgehead atoms. The molecule has 9 heteroatoms. The van der Waals surface area contributed by atoms with Crippen LogP contribution in [0.2, 0.25) is 5.02 Å². The van der Waals surface area contributed by atoms with Crippen molar-refractivity contribution in [1.82, 2.24) is 24.4 Å². The summed E-state index contributed by atoms with van der Waals surface area (Å²) >= 11 is 7.24. The number of anilines is 1. The Bertz CT molecular complexity index is 1260. The molecule has 1 N–H and O–H groups in total. The highest BCUT2D eigenvalue weighted by atomic mass is 35.5. The van der Waals surface area contributed by atoms with Gasteiger partial charge < -0.3 is 0 Å². The van der Waals surface area contributed by atoms with Crippen LogP contribution >= 0.6 is 23.1 Å². The van der Waals surface area contributed by atoms with Crippen LogP contribution in [0.4, 0.5) is 5.13 Å². The summed E-state index contributed by atoms with van der Waals surface area (Å²) in [4.78, 5) is 17.0. The summed E-state index contributed by atoms with van der Waals surface area (Å²) in [5.41, 5.74) is 5.97. The molecule has 0 atom stereocenters. The van der Waals surface area contributed by atoms with E-state index in [2.05, 4.69) is 25.0 Å². The van der Waals surface area contributed by atoms with E-state index in [0.29, 0.717) is 27.2 Å². The lowest BCUT2D eigenvalue weighted by Gasteiger charge is -2.07. The zero-order valence-electron chi connectivity index (χ0n) is 16.9. The molecule has 7 nitrogen and oxygen atoms in total. The number of hydrogen-bond donors (Lipinski definition) is 1. The fourth-order valence-electron chi connectivity index (χ4n) is 3.00. The number of carbonyl (C=O) groups excluding carboxylic acids is 1. The van der Waals surface area contributed by atoms with Crippen LogP contribution in [0, 0.1) is 27.7 Å². The normalized spacial score (nSPS) is 11.0. The van der Waals surface area contributed by atoms with Crippen LogP contribution in [0.1, 0.15) is 32.7 Å². The minimum absolute atomic E-state index is 0.226. The van der Waals surface area contributed by atoms with Crippen molar-refractivity contribution in [2.45, 2.75) is 27.7 Å². The third-order valence-electron chi connectivity index (χ3n) is 4.92. The molecule has 0 saturated heterocycles. The first-order valence-corrected chi connectivity index (χ1v) is 10.4. The molecule has 2 aromatic carbocycles. The van der Waals surface area contributed by atoms with Crippen LogP contribution in [-0.4, -0.2) is 30.3 Å². The van der Waals surface area contributed by atoms with Crippen LogP contribution in [0.3, 0.4) is 0 Å². The number of benzene rings is 2. The second kappa shape index (κ2) is 7.97. The number of carbonyl (C=O) groups is 1. The Kier molecular flexibility index (Phi) is 5.36. The maximum Gasteiger partial charge on any atom is 0.257 e. The number of nitrogens with one attached hydrogen (secondary N) is 1. The molecule has 2 heterocycles. The van der Waals surface area contributed by atoms with E-state index in [1.807, 2.05) is 58.0 Å². The Morgan fingerprint density at radius 3 is 2.57 bits per heavy atom. The Morgan fingerprint density at radius 1 is 1.03 bits per heavy atom. The zero-order chi connectivity index (χ0) is 21.4. The molecule has 0 saturated carbocycles. The van der Waals surface area contributed by atoms with E-state index in [-0.39, 0.29) is 5.91 Å². The van der Waals surface area contributed by atoms with Crippen molar-refractivity contribution < 1.29 is 4.79 Å². The van der Waals surface area contributed by atoms with E-state index in [1.54, 1.807) is 10.7 Å². The van der Waals surface area contributed by atoms with E-state index in [9.17, 15) is 4.79 Å². The minimum Gasteiger partial charge on any atom is -0.297 e. The number of amides is 1. The standard InChI is InChI=1S/C21H19ClN6OS/c1-11-5-7-15(9-13(11)3)20(29)24-21-23-19(26-30-21)18-14(4)28(27-25-18)17-10-16(22)8-6-12(17)2/h5-10H,1-4H3,(H,23,24,26,29). The summed E-state index contributed by atoms with van der Waals surface area (Å²) in [5, 5.41) is 12.3. The van der Waals surface area contributed by atoms with Crippen molar-refractivity contribution in [3.63, 3.8) is 0 Å². The predicted octanol–water partition coefficient (Wildman–Crippen LogP) is 4.93.